The van der Waals surface area contributed by atoms with Gasteiger partial charge in [-0.15, -0.1) is 0 Å². The fourth-order valence-electron chi connectivity index (χ4n) is 1.70. The van der Waals surface area contributed by atoms with Crippen LogP contribution < -0.4 is 10.6 Å². The van der Waals surface area contributed by atoms with Gasteiger partial charge in [0.1, 0.15) is 11.3 Å². The Hall–Kier alpha value is -2.17. The summed E-state index contributed by atoms with van der Waals surface area (Å²) in [6.45, 7) is 1.10. The normalized spacial score (nSPS) is 16.4. The average Bonchev–Trinajstić information content (AvgIpc) is 2.33. The molecular formula is C11H12N4O3. The van der Waals surface area contributed by atoms with Gasteiger partial charge in [-0.05, 0) is 12.1 Å². The number of hydrogen-bond acceptors (Lipinski definition) is 6. The Morgan fingerprint density at radius 3 is 2.83 bits per heavy atom. The molecule has 0 amide bonds. The molecule has 0 aliphatic carbocycles. The Morgan fingerprint density at radius 2 is 2.33 bits per heavy atom. The largest absolute Gasteiger partial charge is 0.385 e. The lowest BCUT2D eigenvalue weighted by Gasteiger charge is -2.37. The van der Waals surface area contributed by atoms with Gasteiger partial charge in [0.2, 0.25) is 0 Å². The van der Waals surface area contributed by atoms with Crippen LogP contribution in [0.4, 0.5) is 11.4 Å². The Morgan fingerprint density at radius 1 is 1.61 bits per heavy atom. The number of anilines is 1. The standard InChI is InChI=1S/C11H12N4O3/c12-4-8-1-2-10(15(17)18)9(3-8)14-7-11(16)5-13-6-11/h1-3,13-14,16H,5-7H2. The van der Waals surface area contributed by atoms with E-state index in [0.717, 1.165) is 0 Å². The van der Waals surface area contributed by atoms with E-state index < -0.39 is 10.5 Å². The first-order valence-electron chi connectivity index (χ1n) is 5.40. The maximum Gasteiger partial charge on any atom is 0.292 e. The van der Waals surface area contributed by atoms with Crippen LogP contribution in [-0.2, 0) is 0 Å². The van der Waals surface area contributed by atoms with E-state index in [0.29, 0.717) is 18.7 Å². The predicted molar refractivity (Wildman–Crippen MR) is 64.1 cm³/mol. The third-order valence-electron chi connectivity index (χ3n) is 2.84. The van der Waals surface area contributed by atoms with Gasteiger partial charge in [0.15, 0.2) is 0 Å². The van der Waals surface area contributed by atoms with Crippen molar-refractivity contribution in [2.24, 2.45) is 0 Å². The summed E-state index contributed by atoms with van der Waals surface area (Å²) in [6, 6.07) is 6.00. The molecule has 3 N–H and O–H groups in total. The number of hydrogen-bond donors (Lipinski definition) is 3. The summed E-state index contributed by atoms with van der Waals surface area (Å²) in [6.07, 6.45) is 0. The molecule has 1 heterocycles. The van der Waals surface area contributed by atoms with E-state index in [1.165, 1.54) is 18.2 Å². The summed E-state index contributed by atoms with van der Waals surface area (Å²) in [7, 11) is 0. The highest BCUT2D eigenvalue weighted by molar-refractivity contribution is 5.64. The lowest BCUT2D eigenvalue weighted by atomic mass is 9.97. The molecule has 0 bridgehead atoms. The molecule has 7 heteroatoms. The highest BCUT2D eigenvalue weighted by atomic mass is 16.6. The van der Waals surface area contributed by atoms with E-state index in [2.05, 4.69) is 10.6 Å². The molecule has 0 saturated carbocycles. The zero-order valence-corrected chi connectivity index (χ0v) is 9.51. The van der Waals surface area contributed by atoms with Gasteiger partial charge in [0, 0.05) is 25.7 Å². The van der Waals surface area contributed by atoms with Crippen molar-refractivity contribution >= 4 is 11.4 Å². The number of rotatable bonds is 4. The lowest BCUT2D eigenvalue weighted by molar-refractivity contribution is -0.384. The molecule has 0 aromatic heterocycles. The van der Waals surface area contributed by atoms with E-state index in [-0.39, 0.29) is 17.9 Å². The van der Waals surface area contributed by atoms with Crippen molar-refractivity contribution in [3.8, 4) is 6.07 Å². The van der Waals surface area contributed by atoms with Crippen molar-refractivity contribution in [3.63, 3.8) is 0 Å². The summed E-state index contributed by atoms with van der Waals surface area (Å²) in [5.41, 5.74) is -0.401. The molecule has 0 atom stereocenters. The van der Waals surface area contributed by atoms with Crippen LogP contribution in [0, 0.1) is 21.4 Å². The molecule has 1 aliphatic rings. The molecule has 0 spiro atoms. The second kappa shape index (κ2) is 4.60. The molecule has 2 rings (SSSR count). The second-order valence-corrected chi connectivity index (χ2v) is 4.28. The fourth-order valence-corrected chi connectivity index (χ4v) is 1.70. The maximum atomic E-state index is 10.8. The molecule has 1 aliphatic heterocycles. The van der Waals surface area contributed by atoms with Crippen LogP contribution in [-0.4, -0.2) is 35.3 Å². The summed E-state index contributed by atoms with van der Waals surface area (Å²) in [4.78, 5) is 10.3. The fraction of sp³-hybridized carbons (Fsp3) is 0.364. The first kappa shape index (κ1) is 12.3. The smallest absolute Gasteiger partial charge is 0.292 e. The van der Waals surface area contributed by atoms with Gasteiger partial charge < -0.3 is 15.7 Å². The molecule has 18 heavy (non-hydrogen) atoms. The van der Waals surface area contributed by atoms with Gasteiger partial charge in [0.05, 0.1) is 16.6 Å². The predicted octanol–water partition coefficient (Wildman–Crippen LogP) is 0.213. The molecule has 1 aromatic carbocycles. The van der Waals surface area contributed by atoms with Crippen LogP contribution in [0.3, 0.4) is 0 Å². The van der Waals surface area contributed by atoms with Crippen LogP contribution in [0.2, 0.25) is 0 Å². The monoisotopic (exact) mass is 248 g/mol. The van der Waals surface area contributed by atoms with Crippen molar-refractivity contribution in [2.45, 2.75) is 5.60 Å². The van der Waals surface area contributed by atoms with Crippen molar-refractivity contribution in [1.82, 2.24) is 5.32 Å². The Bertz CT molecular complexity index is 520. The van der Waals surface area contributed by atoms with E-state index in [1.807, 2.05) is 6.07 Å². The van der Waals surface area contributed by atoms with Gasteiger partial charge in [-0.3, -0.25) is 10.1 Å². The molecule has 7 nitrogen and oxygen atoms in total. The number of nitrogens with one attached hydrogen (secondary N) is 2. The number of nitro groups is 1. The topological polar surface area (TPSA) is 111 Å². The van der Waals surface area contributed by atoms with Gasteiger partial charge in [-0.1, -0.05) is 0 Å². The quantitative estimate of drug-likeness (QED) is 0.519. The molecule has 0 radical (unpaired) electrons. The van der Waals surface area contributed by atoms with Gasteiger partial charge in [0.25, 0.3) is 5.69 Å². The number of benzene rings is 1. The minimum atomic E-state index is -0.878. The van der Waals surface area contributed by atoms with E-state index in [9.17, 15) is 15.2 Å². The molecule has 1 fully saturated rings. The molecule has 1 aromatic rings. The number of β-amino-alcohol motifs (C(OH)–C–C–N with tert-alkyl or cyclic N) is 1. The molecule has 94 valence electrons. The SMILES string of the molecule is N#Cc1ccc([N+](=O)[O-])c(NCC2(O)CNC2)c1. The zero-order chi connectivity index (χ0) is 13.2. The van der Waals surface area contributed by atoms with Crippen molar-refractivity contribution in [2.75, 3.05) is 25.0 Å². The number of nitro benzene ring substituents is 1. The maximum absolute atomic E-state index is 10.8. The third kappa shape index (κ3) is 2.40. The Kier molecular flexibility index (Phi) is 3.14. The second-order valence-electron chi connectivity index (χ2n) is 4.28. The van der Waals surface area contributed by atoms with Gasteiger partial charge >= 0.3 is 0 Å². The highest BCUT2D eigenvalue weighted by Gasteiger charge is 2.34. The lowest BCUT2D eigenvalue weighted by Crippen LogP contribution is -2.63. The molecular weight excluding hydrogens is 236 g/mol. The number of nitrogens with zero attached hydrogens (tertiary/aromatic N) is 2. The average molecular weight is 248 g/mol. The summed E-state index contributed by atoms with van der Waals surface area (Å²) in [5, 5.41) is 35.2. The number of nitriles is 1. The van der Waals surface area contributed by atoms with Crippen molar-refractivity contribution < 1.29 is 10.0 Å². The summed E-state index contributed by atoms with van der Waals surface area (Å²) < 4.78 is 0. The summed E-state index contributed by atoms with van der Waals surface area (Å²) in [5.74, 6) is 0. The van der Waals surface area contributed by atoms with Crippen LogP contribution in [0.5, 0.6) is 0 Å². The van der Waals surface area contributed by atoms with Crippen molar-refractivity contribution in [3.05, 3.63) is 33.9 Å². The highest BCUT2D eigenvalue weighted by Crippen LogP contribution is 2.26. The van der Waals surface area contributed by atoms with Crippen LogP contribution >= 0.6 is 0 Å². The van der Waals surface area contributed by atoms with Gasteiger partial charge in [-0.2, -0.15) is 5.26 Å². The van der Waals surface area contributed by atoms with Crippen LogP contribution in [0.1, 0.15) is 5.56 Å². The first-order valence-corrected chi connectivity index (χ1v) is 5.40. The number of aliphatic hydroxyl groups is 1. The Balaban J connectivity index is 2.18. The minimum Gasteiger partial charge on any atom is -0.385 e. The zero-order valence-electron chi connectivity index (χ0n) is 9.51. The summed E-state index contributed by atoms with van der Waals surface area (Å²) >= 11 is 0. The van der Waals surface area contributed by atoms with Crippen molar-refractivity contribution in [1.29, 1.82) is 5.26 Å². The van der Waals surface area contributed by atoms with Crippen LogP contribution in [0.25, 0.3) is 0 Å². The Labute approximate surface area is 103 Å². The van der Waals surface area contributed by atoms with Gasteiger partial charge in [-0.25, -0.2) is 0 Å². The van der Waals surface area contributed by atoms with E-state index in [4.69, 9.17) is 5.26 Å². The molecule has 1 saturated heterocycles. The minimum absolute atomic E-state index is 0.107. The third-order valence-corrected chi connectivity index (χ3v) is 2.84. The van der Waals surface area contributed by atoms with E-state index >= 15 is 0 Å². The molecule has 0 unspecified atom stereocenters. The first-order chi connectivity index (χ1) is 8.54. The van der Waals surface area contributed by atoms with Crippen LogP contribution in [0.15, 0.2) is 18.2 Å². The van der Waals surface area contributed by atoms with E-state index in [1.54, 1.807) is 0 Å².